The van der Waals surface area contributed by atoms with Crippen LogP contribution in [0.5, 0.6) is 5.75 Å². The molecule has 1 amide bonds. The Kier molecular flexibility index (Phi) is 10.0. The minimum Gasteiger partial charge on any atom is -0.497 e. The molecule has 1 saturated heterocycles. The summed E-state index contributed by atoms with van der Waals surface area (Å²) in [5, 5.41) is 21.8. The zero-order chi connectivity index (χ0) is 29.7. The Labute approximate surface area is 241 Å². The van der Waals surface area contributed by atoms with E-state index in [1.807, 2.05) is 36.6 Å². The number of hydrogen-bond acceptors (Lipinski definition) is 8. The van der Waals surface area contributed by atoms with Gasteiger partial charge in [0.2, 0.25) is 5.91 Å². The molecule has 1 aromatic heterocycles. The molecule has 0 radical (unpaired) electrons. The number of pyridine rings is 1. The van der Waals surface area contributed by atoms with E-state index in [4.69, 9.17) is 4.74 Å². The number of ether oxygens (including phenoxy) is 1. The zero-order valence-electron chi connectivity index (χ0n) is 23.3. The van der Waals surface area contributed by atoms with E-state index in [-0.39, 0.29) is 11.3 Å². The van der Waals surface area contributed by atoms with Gasteiger partial charge in [0.1, 0.15) is 23.2 Å². The average Bonchev–Trinajstić information content (AvgIpc) is 2.96. The summed E-state index contributed by atoms with van der Waals surface area (Å²) in [6.07, 6.45) is 2.26. The first-order valence-corrected chi connectivity index (χ1v) is 14.3. The van der Waals surface area contributed by atoms with Gasteiger partial charge in [-0.3, -0.25) is 15.0 Å². The molecule has 41 heavy (non-hydrogen) atoms. The molecule has 0 saturated carbocycles. The van der Waals surface area contributed by atoms with Crippen molar-refractivity contribution in [3.05, 3.63) is 59.5 Å². The van der Waals surface area contributed by atoms with Crippen molar-refractivity contribution in [3.63, 3.8) is 0 Å². The Morgan fingerprint density at radius 1 is 1.20 bits per heavy atom. The Morgan fingerprint density at radius 3 is 2.49 bits per heavy atom. The lowest BCUT2D eigenvalue weighted by atomic mass is 9.73. The number of aliphatic hydroxyl groups excluding tert-OH is 1. The number of halogens is 3. The van der Waals surface area contributed by atoms with E-state index in [1.54, 1.807) is 19.4 Å². The van der Waals surface area contributed by atoms with Crippen LogP contribution in [0.2, 0.25) is 0 Å². The van der Waals surface area contributed by atoms with Gasteiger partial charge in [0.25, 0.3) is 0 Å². The fourth-order valence-electron chi connectivity index (χ4n) is 5.43. The van der Waals surface area contributed by atoms with Crippen molar-refractivity contribution in [2.75, 3.05) is 51.5 Å². The van der Waals surface area contributed by atoms with E-state index in [0.29, 0.717) is 73.6 Å². The molecule has 2 aromatic carbocycles. The third-order valence-electron chi connectivity index (χ3n) is 7.82. The monoisotopic (exact) mass is 592 g/mol. The average molecular weight is 593 g/mol. The number of aliphatic hydroxyl groups is 1. The Bertz CT molecular complexity index is 1360. The number of carbonyl (C=O) groups excluding carboxylic acids is 1. The van der Waals surface area contributed by atoms with Crippen molar-refractivity contribution in [1.29, 1.82) is 0 Å². The van der Waals surface area contributed by atoms with Crippen LogP contribution < -0.4 is 15.1 Å². The Morgan fingerprint density at radius 2 is 1.88 bits per heavy atom. The van der Waals surface area contributed by atoms with Crippen LogP contribution in [0.25, 0.3) is 10.9 Å². The minimum atomic E-state index is -0.959. The second kappa shape index (κ2) is 13.3. The van der Waals surface area contributed by atoms with Crippen LogP contribution in [-0.4, -0.2) is 72.7 Å². The summed E-state index contributed by atoms with van der Waals surface area (Å²) < 4.78 is 46.5. The summed E-state index contributed by atoms with van der Waals surface area (Å²) in [5.74, 6) is -2.30. The molecular formula is C29H35F3N4O4S. The van der Waals surface area contributed by atoms with Gasteiger partial charge in [-0.25, -0.2) is 18.7 Å². The molecule has 8 nitrogen and oxygen atoms in total. The molecule has 1 aliphatic rings. The lowest BCUT2D eigenvalue weighted by molar-refractivity contribution is -0.143. The second-order valence-corrected chi connectivity index (χ2v) is 11.6. The smallest absolute Gasteiger partial charge is 0.249 e. The first kappa shape index (κ1) is 30.9. The topological polar surface area (TPSA) is 98.2 Å². The fourth-order valence-corrected chi connectivity index (χ4v) is 6.38. The number of thioether (sulfide) groups is 1. The molecule has 1 atom stereocenters. The number of hydroxylamine groups is 1. The number of likely N-dealkylation sites (tertiary alicyclic amines) is 1. The molecule has 12 heteroatoms. The van der Waals surface area contributed by atoms with Crippen molar-refractivity contribution < 1.29 is 33.0 Å². The SMILES string of the molecule is COc1ccc2ncc(N(C)C)c([C@H](O)CCC3(C(=O)NO)CCN(CCSc4c(F)cc(F)cc4F)CC3)c2c1. The van der Waals surface area contributed by atoms with Crippen molar-refractivity contribution in [3.8, 4) is 5.75 Å². The van der Waals surface area contributed by atoms with Crippen molar-refractivity contribution >= 4 is 34.3 Å². The maximum Gasteiger partial charge on any atom is 0.249 e. The maximum atomic E-state index is 14.0. The van der Waals surface area contributed by atoms with Crippen LogP contribution in [0.15, 0.2) is 41.4 Å². The van der Waals surface area contributed by atoms with Gasteiger partial charge in [0.05, 0.1) is 40.9 Å². The number of nitrogens with one attached hydrogen (secondary N) is 1. The molecule has 1 aliphatic heterocycles. The standard InChI is InChI=1S/C29H35F3N4O4S/c1-35(2)24-17-33-23-5-4-19(40-3)16-20(23)26(24)25(37)6-7-29(28(38)34-39)8-10-36(11-9-29)12-13-41-27-21(31)14-18(30)15-22(27)32/h4-5,14-17,25,37,39H,6-13H2,1-3H3,(H,34,38)/t25-/m1/s1. The van der Waals surface area contributed by atoms with Gasteiger partial charge in [-0.15, -0.1) is 11.8 Å². The number of hydrogen-bond donors (Lipinski definition) is 3. The number of rotatable bonds is 11. The van der Waals surface area contributed by atoms with Gasteiger partial charge >= 0.3 is 0 Å². The lowest BCUT2D eigenvalue weighted by Crippen LogP contribution is -2.48. The summed E-state index contributed by atoms with van der Waals surface area (Å²) in [6.45, 7) is 1.56. The van der Waals surface area contributed by atoms with E-state index >= 15 is 0 Å². The third-order valence-corrected chi connectivity index (χ3v) is 8.89. The third kappa shape index (κ3) is 6.88. The van der Waals surface area contributed by atoms with Crippen molar-refractivity contribution in [1.82, 2.24) is 15.4 Å². The van der Waals surface area contributed by atoms with Crippen molar-refractivity contribution in [2.24, 2.45) is 5.41 Å². The number of carbonyl (C=O) groups is 1. The number of aromatic nitrogens is 1. The van der Waals surface area contributed by atoms with Crippen LogP contribution in [0.4, 0.5) is 18.9 Å². The Balaban J connectivity index is 1.44. The van der Waals surface area contributed by atoms with Crippen LogP contribution in [0.1, 0.15) is 37.4 Å². The number of methoxy groups -OCH3 is 1. The molecule has 0 unspecified atom stereocenters. The lowest BCUT2D eigenvalue weighted by Gasteiger charge is -2.40. The van der Waals surface area contributed by atoms with Crippen LogP contribution in [0, 0.1) is 22.9 Å². The van der Waals surface area contributed by atoms with E-state index in [1.165, 1.54) is 0 Å². The van der Waals surface area contributed by atoms with Gasteiger partial charge < -0.3 is 19.6 Å². The molecule has 3 aromatic rings. The van der Waals surface area contributed by atoms with E-state index in [2.05, 4.69) is 9.88 Å². The largest absolute Gasteiger partial charge is 0.497 e. The highest BCUT2D eigenvalue weighted by atomic mass is 32.2. The molecule has 222 valence electrons. The molecule has 0 aliphatic carbocycles. The zero-order valence-corrected chi connectivity index (χ0v) is 24.1. The number of anilines is 1. The molecule has 0 bridgehead atoms. The van der Waals surface area contributed by atoms with Gasteiger partial charge in [0, 0.05) is 49.5 Å². The van der Waals surface area contributed by atoms with Gasteiger partial charge in [0.15, 0.2) is 0 Å². The first-order valence-electron chi connectivity index (χ1n) is 13.3. The van der Waals surface area contributed by atoms with Crippen LogP contribution >= 0.6 is 11.8 Å². The number of nitrogens with zero attached hydrogens (tertiary/aromatic N) is 3. The quantitative estimate of drug-likeness (QED) is 0.164. The Hall–Kier alpha value is -3.06. The van der Waals surface area contributed by atoms with Gasteiger partial charge in [-0.1, -0.05) is 0 Å². The minimum absolute atomic E-state index is 0.218. The maximum absolute atomic E-state index is 14.0. The molecule has 0 spiro atoms. The number of benzene rings is 2. The van der Waals surface area contributed by atoms with E-state index in [0.717, 1.165) is 22.8 Å². The highest BCUT2D eigenvalue weighted by Gasteiger charge is 2.41. The molecule has 2 heterocycles. The van der Waals surface area contributed by atoms with Crippen LogP contribution in [0.3, 0.4) is 0 Å². The molecule has 1 fully saturated rings. The van der Waals surface area contributed by atoms with E-state index < -0.39 is 34.9 Å². The number of piperidine rings is 1. The molecular weight excluding hydrogens is 557 g/mol. The first-order chi connectivity index (χ1) is 19.6. The highest BCUT2D eigenvalue weighted by Crippen LogP contribution is 2.41. The predicted molar refractivity (Wildman–Crippen MR) is 152 cm³/mol. The summed E-state index contributed by atoms with van der Waals surface area (Å²) in [4.78, 5) is 21.2. The van der Waals surface area contributed by atoms with Gasteiger partial charge in [-0.2, -0.15) is 0 Å². The highest BCUT2D eigenvalue weighted by molar-refractivity contribution is 7.99. The summed E-state index contributed by atoms with van der Waals surface area (Å²) in [7, 11) is 5.31. The molecule has 3 N–H and O–H groups in total. The van der Waals surface area contributed by atoms with Crippen molar-refractivity contribution in [2.45, 2.75) is 36.7 Å². The van der Waals surface area contributed by atoms with Gasteiger partial charge in [-0.05, 0) is 57.0 Å². The normalized spacial score (nSPS) is 16.0. The molecule has 4 rings (SSSR count). The number of fused-ring (bicyclic) bond motifs is 1. The van der Waals surface area contributed by atoms with E-state index in [9.17, 15) is 28.3 Å². The summed E-state index contributed by atoms with van der Waals surface area (Å²) >= 11 is 0.977. The summed E-state index contributed by atoms with van der Waals surface area (Å²) in [5.41, 5.74) is 3.07. The number of amides is 1. The summed E-state index contributed by atoms with van der Waals surface area (Å²) in [6, 6.07) is 6.80. The second-order valence-electron chi connectivity index (χ2n) is 10.5. The van der Waals surface area contributed by atoms with Crippen LogP contribution in [-0.2, 0) is 4.79 Å². The fraction of sp³-hybridized carbons (Fsp3) is 0.448. The predicted octanol–water partition coefficient (Wildman–Crippen LogP) is 4.92.